The fraction of sp³-hybridized carbons (Fsp3) is 0.250. The highest BCUT2D eigenvalue weighted by molar-refractivity contribution is 6.40. The number of ether oxygens (including phenoxy) is 1. The molecule has 0 radical (unpaired) electrons. The van der Waals surface area contributed by atoms with Crippen LogP contribution < -0.4 is 20.9 Å². The van der Waals surface area contributed by atoms with E-state index in [0.717, 1.165) is 5.56 Å². The molecule has 0 aliphatic carbocycles. The van der Waals surface area contributed by atoms with E-state index in [1.807, 2.05) is 13.8 Å². The van der Waals surface area contributed by atoms with E-state index in [1.165, 1.54) is 14.2 Å². The fourth-order valence-electron chi connectivity index (χ4n) is 3.82. The molecule has 0 atom stereocenters. The Hall–Kier alpha value is -3.27. The van der Waals surface area contributed by atoms with Crippen LogP contribution in [0, 0.1) is 0 Å². The molecule has 4 rings (SSSR count). The number of nitrogens with one attached hydrogen (secondary N) is 3. The van der Waals surface area contributed by atoms with Gasteiger partial charge in [0.1, 0.15) is 22.8 Å². The standard InChI is InChI=1S/C24H23Cl3N6O3/c1-11(2)20-19-22(33(32-20)21-14(26)9-13(25)10-15(21)27)30-18(31-23(19)34)8-12-5-6-16(17(7-12)36-4)29-24(35)28-3/h5-7,9-11,32H,8H2,1-4H3,(H2,28,29,35). The first kappa shape index (κ1) is 25.8. The van der Waals surface area contributed by atoms with E-state index in [1.54, 1.807) is 35.0 Å². The van der Waals surface area contributed by atoms with Crippen molar-refractivity contribution in [2.45, 2.75) is 26.2 Å². The van der Waals surface area contributed by atoms with Crippen molar-refractivity contribution < 1.29 is 9.53 Å². The van der Waals surface area contributed by atoms with Crippen molar-refractivity contribution in [1.82, 2.24) is 25.1 Å². The normalized spacial score (nSPS) is 11.2. The minimum atomic E-state index is -0.417. The zero-order chi connectivity index (χ0) is 26.1. The number of carbonyl (C=O) groups is 1. The van der Waals surface area contributed by atoms with Crippen LogP contribution in [0.4, 0.5) is 10.5 Å². The van der Waals surface area contributed by atoms with Gasteiger partial charge in [0.15, 0.2) is 5.82 Å². The van der Waals surface area contributed by atoms with Gasteiger partial charge in [-0.3, -0.25) is 9.89 Å². The van der Waals surface area contributed by atoms with Gasteiger partial charge in [0, 0.05) is 18.5 Å². The van der Waals surface area contributed by atoms with E-state index >= 15 is 0 Å². The van der Waals surface area contributed by atoms with E-state index in [-0.39, 0.29) is 18.4 Å². The number of carbonyl (C=O) groups excluding carboxylic acids is 1. The van der Waals surface area contributed by atoms with Gasteiger partial charge in [-0.2, -0.15) is 4.98 Å². The Morgan fingerprint density at radius 2 is 1.83 bits per heavy atom. The maximum absolute atomic E-state index is 13.2. The van der Waals surface area contributed by atoms with Crippen molar-refractivity contribution in [3.63, 3.8) is 0 Å². The zero-order valence-electron chi connectivity index (χ0n) is 19.9. The van der Waals surface area contributed by atoms with Crippen molar-refractivity contribution in [2.24, 2.45) is 0 Å². The number of methoxy groups -OCH3 is 1. The minimum absolute atomic E-state index is 0.0228. The summed E-state index contributed by atoms with van der Waals surface area (Å²) < 4.78 is 7.00. The molecule has 0 fully saturated rings. The second-order valence-corrected chi connectivity index (χ2v) is 9.54. The quantitative estimate of drug-likeness (QED) is 0.294. The van der Waals surface area contributed by atoms with Crippen molar-refractivity contribution in [3.05, 3.63) is 72.8 Å². The molecule has 36 heavy (non-hydrogen) atoms. The molecular formula is C24H23Cl3N6O3. The van der Waals surface area contributed by atoms with Crippen molar-refractivity contribution in [3.8, 4) is 22.8 Å². The van der Waals surface area contributed by atoms with E-state index in [0.29, 0.717) is 55.1 Å². The van der Waals surface area contributed by atoms with Gasteiger partial charge in [-0.25, -0.2) is 14.5 Å². The van der Waals surface area contributed by atoms with Gasteiger partial charge in [-0.05, 0) is 35.7 Å². The summed E-state index contributed by atoms with van der Waals surface area (Å²) >= 11 is 19.1. The average Bonchev–Trinajstić information content (AvgIpc) is 3.19. The Morgan fingerprint density at radius 3 is 2.44 bits per heavy atom. The molecular weight excluding hydrogens is 527 g/mol. The van der Waals surface area contributed by atoms with Crippen LogP contribution in [0.5, 0.6) is 5.75 Å². The first-order chi connectivity index (χ1) is 17.1. The second kappa shape index (κ2) is 10.4. The van der Waals surface area contributed by atoms with Crippen molar-refractivity contribution >= 4 is 46.5 Å². The molecule has 0 unspecified atom stereocenters. The van der Waals surface area contributed by atoms with Crippen LogP contribution in [0.2, 0.25) is 15.1 Å². The number of amides is 2. The number of benzene rings is 2. The average molecular weight is 550 g/mol. The van der Waals surface area contributed by atoms with Gasteiger partial charge in [0.25, 0.3) is 5.56 Å². The highest BCUT2D eigenvalue weighted by Gasteiger charge is 2.27. The monoisotopic (exact) mass is 548 g/mol. The second-order valence-electron chi connectivity index (χ2n) is 8.29. The summed E-state index contributed by atoms with van der Waals surface area (Å²) in [6.07, 6.45) is 0.242. The molecule has 12 heteroatoms. The summed E-state index contributed by atoms with van der Waals surface area (Å²) in [5, 5.41) is 9.39. The predicted octanol–water partition coefficient (Wildman–Crippen LogP) is 5.49. The number of halogens is 3. The summed E-state index contributed by atoms with van der Waals surface area (Å²) in [5.41, 5.74) is 2.31. The maximum Gasteiger partial charge on any atom is 0.319 e. The lowest BCUT2D eigenvalue weighted by Gasteiger charge is -2.13. The predicted molar refractivity (Wildman–Crippen MR) is 142 cm³/mol. The number of fused-ring (bicyclic) bond motifs is 1. The maximum atomic E-state index is 13.2. The molecule has 2 amide bonds. The summed E-state index contributed by atoms with van der Waals surface area (Å²) in [6.45, 7) is 3.91. The number of rotatable bonds is 6. The molecule has 188 valence electrons. The molecule has 2 aliphatic heterocycles. The molecule has 2 aromatic rings. The molecule has 9 nitrogen and oxygen atoms in total. The summed E-state index contributed by atoms with van der Waals surface area (Å²) in [5.74, 6) is 1.08. The lowest BCUT2D eigenvalue weighted by Crippen LogP contribution is -2.24. The lowest BCUT2D eigenvalue weighted by atomic mass is 10.1. The van der Waals surface area contributed by atoms with Crippen molar-refractivity contribution in [1.29, 1.82) is 0 Å². The molecule has 0 saturated carbocycles. The van der Waals surface area contributed by atoms with Crippen LogP contribution in [0.15, 0.2) is 35.1 Å². The lowest BCUT2D eigenvalue weighted by molar-refractivity contribution is 0.254. The molecule has 0 aromatic heterocycles. The fourth-order valence-corrected chi connectivity index (χ4v) is 4.81. The third kappa shape index (κ3) is 5.00. The van der Waals surface area contributed by atoms with Gasteiger partial charge >= 0.3 is 6.03 Å². The zero-order valence-corrected chi connectivity index (χ0v) is 22.1. The Balaban J connectivity index is 1.82. The van der Waals surface area contributed by atoms with Gasteiger partial charge in [0.05, 0.1) is 28.5 Å². The van der Waals surface area contributed by atoms with Gasteiger partial charge in [0.2, 0.25) is 0 Å². The van der Waals surface area contributed by atoms with Gasteiger partial charge < -0.3 is 15.4 Å². The highest BCUT2D eigenvalue weighted by atomic mass is 35.5. The number of aromatic nitrogens is 4. The number of aromatic amines is 1. The largest absolute Gasteiger partial charge is 0.495 e. The SMILES string of the molecule is CNC(=O)Nc1ccc(Cc2nc3n(-c4c(Cl)cc(Cl)cc4Cl)[nH]c(C(C)C)c-3c(=O)n2)cc1OC. The number of nitrogens with zero attached hydrogens (tertiary/aromatic N) is 3. The minimum Gasteiger partial charge on any atom is -0.495 e. The molecule has 2 heterocycles. The van der Waals surface area contributed by atoms with E-state index in [2.05, 4.69) is 20.7 Å². The Kier molecular flexibility index (Phi) is 7.44. The smallest absolute Gasteiger partial charge is 0.319 e. The van der Waals surface area contributed by atoms with Gasteiger partial charge in [-0.15, -0.1) is 0 Å². The number of anilines is 1. The van der Waals surface area contributed by atoms with E-state index in [9.17, 15) is 9.59 Å². The molecule has 0 bridgehead atoms. The Labute approximate surface area is 222 Å². The van der Waals surface area contributed by atoms with Crippen LogP contribution in [0.3, 0.4) is 0 Å². The molecule has 0 saturated heterocycles. The Morgan fingerprint density at radius 1 is 1.14 bits per heavy atom. The first-order valence-electron chi connectivity index (χ1n) is 10.9. The number of H-pyrrole nitrogens is 1. The topological polar surface area (TPSA) is 114 Å². The third-order valence-electron chi connectivity index (χ3n) is 5.50. The summed E-state index contributed by atoms with van der Waals surface area (Å²) in [6, 6.07) is 8.02. The number of urea groups is 1. The number of hydrogen-bond acceptors (Lipinski definition) is 5. The van der Waals surface area contributed by atoms with Crippen LogP contribution >= 0.6 is 34.8 Å². The van der Waals surface area contributed by atoms with E-state index < -0.39 is 5.56 Å². The Bertz CT molecular complexity index is 1460. The highest BCUT2D eigenvalue weighted by Crippen LogP contribution is 2.36. The van der Waals surface area contributed by atoms with Crippen molar-refractivity contribution in [2.75, 3.05) is 19.5 Å². The van der Waals surface area contributed by atoms with Crippen LogP contribution in [-0.4, -0.2) is 39.9 Å². The van der Waals surface area contributed by atoms with Crippen LogP contribution in [0.1, 0.15) is 36.8 Å². The van der Waals surface area contributed by atoms with Crippen LogP contribution in [-0.2, 0) is 6.42 Å². The van der Waals surface area contributed by atoms with E-state index in [4.69, 9.17) is 44.5 Å². The number of hydrogen-bond donors (Lipinski definition) is 3. The molecule has 0 spiro atoms. The summed E-state index contributed by atoms with van der Waals surface area (Å²) in [4.78, 5) is 33.8. The molecule has 3 N–H and O–H groups in total. The molecule has 2 aliphatic rings. The van der Waals surface area contributed by atoms with Gasteiger partial charge in [-0.1, -0.05) is 54.7 Å². The molecule has 2 aromatic carbocycles. The third-order valence-corrected chi connectivity index (χ3v) is 6.30. The first-order valence-corrected chi connectivity index (χ1v) is 12.1. The summed E-state index contributed by atoms with van der Waals surface area (Å²) in [7, 11) is 3.02. The van der Waals surface area contributed by atoms with Crippen LogP contribution in [0.25, 0.3) is 17.1 Å².